The van der Waals surface area contributed by atoms with Crippen LogP contribution in [0.1, 0.15) is 31.1 Å². The van der Waals surface area contributed by atoms with Crippen LogP contribution in [0.4, 0.5) is 5.69 Å². The number of hydrogen-bond acceptors (Lipinski definition) is 6. The highest BCUT2D eigenvalue weighted by Crippen LogP contribution is 2.35. The number of aryl methyl sites for hydroxylation is 1. The first-order valence-electron chi connectivity index (χ1n) is 10.6. The highest BCUT2D eigenvalue weighted by Gasteiger charge is 2.33. The average Bonchev–Trinajstić information content (AvgIpc) is 3.40. The molecule has 3 aromatic rings. The Morgan fingerprint density at radius 2 is 2.03 bits per heavy atom. The van der Waals surface area contributed by atoms with Crippen molar-refractivity contribution in [2.24, 2.45) is 4.99 Å². The maximum absolute atomic E-state index is 13.0. The van der Waals surface area contributed by atoms with E-state index in [9.17, 15) is 9.59 Å². The fourth-order valence-corrected chi connectivity index (χ4v) is 4.35. The highest BCUT2D eigenvalue weighted by molar-refractivity contribution is 8.18. The number of carbonyl (C=O) groups is 2. The number of carboxylic acid groups (broad SMARTS) is 1. The first-order valence-corrected chi connectivity index (χ1v) is 11.5. The topological polar surface area (TPSA) is 96.0 Å². The molecule has 168 valence electrons. The van der Waals surface area contributed by atoms with Crippen LogP contribution in [0.15, 0.2) is 75.2 Å². The van der Waals surface area contributed by atoms with E-state index in [4.69, 9.17) is 9.52 Å². The molecule has 3 heterocycles. The molecule has 0 atom stereocenters. The highest BCUT2D eigenvalue weighted by atomic mass is 32.2. The zero-order valence-corrected chi connectivity index (χ0v) is 18.9. The smallest absolute Gasteiger partial charge is 0.303 e. The normalized spacial score (nSPS) is 16.2. The number of thioether (sulfide) groups is 1. The fraction of sp³-hybridized carbons (Fsp3) is 0.200. The summed E-state index contributed by atoms with van der Waals surface area (Å²) in [7, 11) is 0. The minimum Gasteiger partial charge on any atom is -0.481 e. The van der Waals surface area contributed by atoms with Crippen LogP contribution >= 0.6 is 11.8 Å². The van der Waals surface area contributed by atoms with Gasteiger partial charge in [-0.3, -0.25) is 19.5 Å². The van der Waals surface area contributed by atoms with Gasteiger partial charge in [0, 0.05) is 30.8 Å². The monoisotopic (exact) mass is 461 g/mol. The number of nitrogens with zero attached hydrogens (tertiary/aromatic N) is 3. The van der Waals surface area contributed by atoms with Crippen molar-refractivity contribution in [1.82, 2.24) is 9.88 Å². The van der Waals surface area contributed by atoms with E-state index < -0.39 is 5.97 Å². The number of carboxylic acids is 1. The first-order chi connectivity index (χ1) is 16.0. The number of aromatic nitrogens is 1. The molecule has 0 aliphatic carbocycles. The Morgan fingerprint density at radius 3 is 2.73 bits per heavy atom. The largest absolute Gasteiger partial charge is 0.481 e. The van der Waals surface area contributed by atoms with Gasteiger partial charge in [0.15, 0.2) is 5.17 Å². The molecule has 0 saturated carbocycles. The molecular weight excluding hydrogens is 438 g/mol. The van der Waals surface area contributed by atoms with Crippen LogP contribution < -0.4 is 0 Å². The van der Waals surface area contributed by atoms with Crippen LogP contribution in [0, 0.1) is 0 Å². The van der Waals surface area contributed by atoms with Crippen molar-refractivity contribution in [2.45, 2.75) is 26.2 Å². The van der Waals surface area contributed by atoms with Crippen molar-refractivity contribution in [2.75, 3.05) is 6.54 Å². The van der Waals surface area contributed by atoms with Gasteiger partial charge in [-0.05, 0) is 54.4 Å². The van der Waals surface area contributed by atoms with E-state index in [2.05, 4.69) is 9.98 Å². The molecule has 8 heteroatoms. The van der Waals surface area contributed by atoms with Gasteiger partial charge in [0.25, 0.3) is 5.91 Å². The molecule has 7 nitrogen and oxygen atoms in total. The summed E-state index contributed by atoms with van der Waals surface area (Å²) in [4.78, 5) is 34.6. The van der Waals surface area contributed by atoms with Crippen LogP contribution in [0.25, 0.3) is 17.4 Å². The number of hydrogen-bond donors (Lipinski definition) is 1. The number of aliphatic imine (C=N–C) groups is 1. The Balaban J connectivity index is 1.53. The van der Waals surface area contributed by atoms with Gasteiger partial charge in [-0.25, -0.2) is 4.99 Å². The van der Waals surface area contributed by atoms with Crippen molar-refractivity contribution in [3.8, 4) is 11.3 Å². The average molecular weight is 462 g/mol. The number of rotatable bonds is 8. The van der Waals surface area contributed by atoms with Gasteiger partial charge in [0.05, 0.1) is 16.8 Å². The fourth-order valence-electron chi connectivity index (χ4n) is 3.34. The summed E-state index contributed by atoms with van der Waals surface area (Å²) in [6.45, 7) is 2.60. The predicted octanol–water partition coefficient (Wildman–Crippen LogP) is 5.37. The second-order valence-electron chi connectivity index (χ2n) is 7.47. The van der Waals surface area contributed by atoms with Gasteiger partial charge in [-0.1, -0.05) is 31.2 Å². The number of carbonyl (C=O) groups excluding carboxylic acids is 1. The molecule has 1 fully saturated rings. The van der Waals surface area contributed by atoms with Crippen molar-refractivity contribution >= 4 is 40.6 Å². The van der Waals surface area contributed by atoms with Gasteiger partial charge in [0.1, 0.15) is 11.5 Å². The number of amides is 1. The summed E-state index contributed by atoms with van der Waals surface area (Å²) in [5.74, 6) is 0.352. The molecule has 1 N–H and O–H groups in total. The van der Waals surface area contributed by atoms with E-state index in [-0.39, 0.29) is 12.3 Å². The SMILES string of the molecule is CCCN1C(=O)/C(=C/c2ccc(-c3ccc(CCC(=O)O)cc3)o2)SC1=Nc1cccnc1. The minimum atomic E-state index is -0.812. The van der Waals surface area contributed by atoms with Crippen molar-refractivity contribution in [1.29, 1.82) is 0 Å². The van der Waals surface area contributed by atoms with Crippen LogP contribution in [0.5, 0.6) is 0 Å². The zero-order chi connectivity index (χ0) is 23.2. The van der Waals surface area contributed by atoms with E-state index in [0.29, 0.717) is 40.2 Å². The lowest BCUT2D eigenvalue weighted by molar-refractivity contribution is -0.137. The first kappa shape index (κ1) is 22.5. The van der Waals surface area contributed by atoms with Gasteiger partial charge >= 0.3 is 5.97 Å². The van der Waals surface area contributed by atoms with Gasteiger partial charge in [-0.15, -0.1) is 0 Å². The molecule has 0 unspecified atom stereocenters. The Hall–Kier alpha value is -3.65. The van der Waals surface area contributed by atoms with Gasteiger partial charge in [-0.2, -0.15) is 0 Å². The van der Waals surface area contributed by atoms with Crippen molar-refractivity contribution in [3.05, 3.63) is 77.2 Å². The number of amidine groups is 1. The molecular formula is C25H23N3O4S. The summed E-state index contributed by atoms with van der Waals surface area (Å²) < 4.78 is 5.96. The van der Waals surface area contributed by atoms with E-state index in [1.165, 1.54) is 11.8 Å². The quantitative estimate of drug-likeness (QED) is 0.453. The second kappa shape index (κ2) is 10.3. The predicted molar refractivity (Wildman–Crippen MR) is 129 cm³/mol. The maximum Gasteiger partial charge on any atom is 0.303 e. The molecule has 4 rings (SSSR count). The van der Waals surface area contributed by atoms with E-state index in [1.54, 1.807) is 23.4 Å². The molecule has 1 aromatic carbocycles. The zero-order valence-electron chi connectivity index (χ0n) is 18.1. The minimum absolute atomic E-state index is 0.0924. The van der Waals surface area contributed by atoms with Crippen molar-refractivity contribution in [3.63, 3.8) is 0 Å². The summed E-state index contributed by atoms with van der Waals surface area (Å²) >= 11 is 1.32. The van der Waals surface area contributed by atoms with E-state index in [0.717, 1.165) is 17.5 Å². The Bertz CT molecular complexity index is 1200. The van der Waals surface area contributed by atoms with Crippen LogP contribution in [-0.2, 0) is 16.0 Å². The Labute approximate surface area is 195 Å². The van der Waals surface area contributed by atoms with Gasteiger partial charge in [0.2, 0.25) is 0 Å². The third kappa shape index (κ3) is 5.59. The lowest BCUT2D eigenvalue weighted by Crippen LogP contribution is -2.29. The summed E-state index contributed by atoms with van der Waals surface area (Å²) in [6, 6.07) is 15.0. The number of aliphatic carboxylic acids is 1. The Kier molecular flexibility index (Phi) is 7.04. The lowest BCUT2D eigenvalue weighted by Gasteiger charge is -2.13. The molecule has 2 aromatic heterocycles. The Morgan fingerprint density at radius 1 is 1.21 bits per heavy atom. The summed E-state index contributed by atoms with van der Waals surface area (Å²) in [6.07, 6.45) is 6.50. The number of furan rings is 1. The molecule has 0 spiro atoms. The number of pyridine rings is 1. The molecule has 1 aliphatic heterocycles. The molecule has 33 heavy (non-hydrogen) atoms. The second-order valence-corrected chi connectivity index (χ2v) is 8.47. The third-order valence-electron chi connectivity index (χ3n) is 4.97. The molecule has 1 aliphatic rings. The van der Waals surface area contributed by atoms with Crippen molar-refractivity contribution < 1.29 is 19.1 Å². The lowest BCUT2D eigenvalue weighted by atomic mass is 10.1. The summed E-state index contributed by atoms with van der Waals surface area (Å²) in [5, 5.41) is 9.45. The standard InChI is InChI=1S/C25H23N3O4S/c1-2-14-28-24(31)22(33-25(28)27-19-4-3-13-26-16-19)15-20-10-11-21(32-20)18-8-5-17(6-9-18)7-12-23(29)30/h3-6,8-11,13,15-16H,2,7,12,14H2,1H3,(H,29,30)/b22-15-,27-25?. The summed E-state index contributed by atoms with van der Waals surface area (Å²) in [5.41, 5.74) is 2.54. The number of benzene rings is 1. The van der Waals surface area contributed by atoms with Crippen LogP contribution in [0.3, 0.4) is 0 Å². The van der Waals surface area contributed by atoms with Crippen LogP contribution in [-0.4, -0.2) is 38.6 Å². The van der Waals surface area contributed by atoms with Gasteiger partial charge < -0.3 is 9.52 Å². The van der Waals surface area contributed by atoms with E-state index in [1.807, 2.05) is 55.5 Å². The maximum atomic E-state index is 13.0. The molecule has 0 bridgehead atoms. The molecule has 1 saturated heterocycles. The molecule has 0 radical (unpaired) electrons. The molecule has 1 amide bonds. The van der Waals surface area contributed by atoms with Crippen LogP contribution in [0.2, 0.25) is 0 Å². The third-order valence-corrected chi connectivity index (χ3v) is 5.98. The van der Waals surface area contributed by atoms with E-state index >= 15 is 0 Å².